The van der Waals surface area contributed by atoms with E-state index in [4.69, 9.17) is 4.74 Å². The van der Waals surface area contributed by atoms with Crippen LogP contribution in [0.2, 0.25) is 0 Å². The van der Waals surface area contributed by atoms with Gasteiger partial charge in [-0.25, -0.2) is 0 Å². The number of esters is 1. The molecule has 2 atom stereocenters. The molecule has 0 fully saturated rings. The average molecular weight is 353 g/mol. The Bertz CT molecular complexity index is 411. The number of unbranched alkanes of at least 4 members (excludes halogenated alkanes) is 4. The summed E-state index contributed by atoms with van der Waals surface area (Å²) >= 11 is 0. The van der Waals surface area contributed by atoms with Gasteiger partial charge in [-0.05, 0) is 18.8 Å². The van der Waals surface area contributed by atoms with Gasteiger partial charge in [0, 0.05) is 0 Å². The first-order chi connectivity index (χ1) is 10.9. The quantitative estimate of drug-likeness (QED) is 0.294. The number of hydrogen-bond acceptors (Lipinski definition) is 5. The van der Waals surface area contributed by atoms with Crippen LogP contribution in [0.5, 0.6) is 0 Å². The Kier molecular flexibility index (Phi) is 12.4. The van der Waals surface area contributed by atoms with Crippen molar-refractivity contribution in [3.63, 3.8) is 0 Å². The second-order valence-corrected chi connectivity index (χ2v) is 7.79. The van der Waals surface area contributed by atoms with Crippen LogP contribution >= 0.6 is 0 Å². The Balaban J connectivity index is 4.60. The third-order valence-corrected chi connectivity index (χ3v) is 5.55. The fraction of sp³-hybridized carbons (Fsp3) is 0.938. The Hall–Kier alpha value is -0.660. The van der Waals surface area contributed by atoms with Crippen LogP contribution < -0.4 is 5.90 Å². The summed E-state index contributed by atoms with van der Waals surface area (Å²) in [6.07, 6.45) is 7.90. The van der Waals surface area contributed by atoms with Crippen LogP contribution in [0.3, 0.4) is 0 Å². The van der Waals surface area contributed by atoms with Crippen molar-refractivity contribution < 1.29 is 28.1 Å². The van der Waals surface area contributed by atoms with Crippen molar-refractivity contribution in [3.05, 3.63) is 0 Å². The average Bonchev–Trinajstić information content (AvgIpc) is 2.54. The monoisotopic (exact) mass is 352 g/mol. The second kappa shape index (κ2) is 12.7. The summed E-state index contributed by atoms with van der Waals surface area (Å²) in [4.78, 5) is 12.2. The van der Waals surface area contributed by atoms with Crippen LogP contribution in [0.1, 0.15) is 78.6 Å². The molecule has 0 heterocycles. The van der Waals surface area contributed by atoms with Crippen LogP contribution in [0.25, 0.3) is 0 Å². The number of ether oxygens (including phenoxy) is 1. The number of hydrogen-bond donors (Lipinski definition) is 1. The van der Waals surface area contributed by atoms with Gasteiger partial charge in [-0.2, -0.15) is 14.3 Å². The Morgan fingerprint density at radius 3 is 2.17 bits per heavy atom. The zero-order valence-electron chi connectivity index (χ0n) is 14.9. The van der Waals surface area contributed by atoms with Crippen LogP contribution in [-0.2, 0) is 23.9 Å². The van der Waals surface area contributed by atoms with E-state index in [1.54, 1.807) is 0 Å². The lowest BCUT2D eigenvalue weighted by Gasteiger charge is -2.18. The summed E-state index contributed by atoms with van der Waals surface area (Å²) in [5.74, 6) is 2.53. The third-order valence-electron chi connectivity index (χ3n) is 4.10. The van der Waals surface area contributed by atoms with E-state index in [0.717, 1.165) is 44.9 Å². The molecule has 0 spiro atoms. The van der Waals surface area contributed by atoms with Gasteiger partial charge in [0.05, 0.1) is 6.61 Å². The highest BCUT2D eigenvalue weighted by molar-refractivity contribution is 7.88. The van der Waals surface area contributed by atoms with Crippen LogP contribution in [0.15, 0.2) is 0 Å². The lowest BCUT2D eigenvalue weighted by molar-refractivity contribution is -0.635. The zero-order valence-corrected chi connectivity index (χ0v) is 15.7. The molecule has 0 bridgehead atoms. The second-order valence-electron chi connectivity index (χ2n) is 6.00. The molecule has 0 saturated carbocycles. The first-order valence-electron chi connectivity index (χ1n) is 8.76. The van der Waals surface area contributed by atoms with Gasteiger partial charge in [0.1, 0.15) is 0 Å². The smallest absolute Gasteiger partial charge is 0.327 e. The molecule has 23 heavy (non-hydrogen) atoms. The van der Waals surface area contributed by atoms with Gasteiger partial charge in [0.15, 0.2) is 5.25 Å². The van der Waals surface area contributed by atoms with E-state index in [1.807, 2.05) is 6.92 Å². The highest BCUT2D eigenvalue weighted by Crippen LogP contribution is 2.17. The van der Waals surface area contributed by atoms with E-state index < -0.39 is 21.3 Å². The molecule has 0 aliphatic rings. The highest BCUT2D eigenvalue weighted by atomic mass is 32.2. The normalized spacial score (nSPS) is 14.4. The summed E-state index contributed by atoms with van der Waals surface area (Å²) < 4.78 is 33.4. The van der Waals surface area contributed by atoms with Crippen molar-refractivity contribution >= 4 is 16.1 Å². The standard InChI is InChI=1S/C16H34NO5S/c1-4-7-9-10-12-15(23(19,20)22-17)16(18)21-13-14(6-3)11-8-5-2/h14-15H,4-13H2,1-3,17H3/q+1. The number of quaternary nitrogens is 1. The SMILES string of the molecule is CCCCCCC(C(=O)OCC(CC)CCCC)S(=O)(=O)O[NH3+]. The molecule has 0 aliphatic carbocycles. The molecular weight excluding hydrogens is 318 g/mol. The minimum absolute atomic E-state index is 0.225. The Labute approximate surface area is 141 Å². The fourth-order valence-corrected chi connectivity index (χ4v) is 3.33. The number of carbonyl (C=O) groups is 1. The molecule has 0 radical (unpaired) electrons. The maximum atomic E-state index is 12.2. The van der Waals surface area contributed by atoms with Crippen molar-refractivity contribution in [3.8, 4) is 0 Å². The van der Waals surface area contributed by atoms with Crippen LogP contribution in [0.4, 0.5) is 0 Å². The van der Waals surface area contributed by atoms with Gasteiger partial charge in [0.25, 0.3) is 0 Å². The summed E-state index contributed by atoms with van der Waals surface area (Å²) in [6, 6.07) is 0. The molecule has 3 N–H and O–H groups in total. The highest BCUT2D eigenvalue weighted by Gasteiger charge is 2.36. The summed E-state index contributed by atoms with van der Waals surface area (Å²) in [5.41, 5.74) is 0. The topological polar surface area (TPSA) is 97.3 Å². The maximum absolute atomic E-state index is 12.2. The molecule has 0 aromatic rings. The Morgan fingerprint density at radius 1 is 1.00 bits per heavy atom. The van der Waals surface area contributed by atoms with Crippen molar-refractivity contribution in [2.24, 2.45) is 5.92 Å². The predicted octanol–water partition coefficient (Wildman–Crippen LogP) is 2.59. The van der Waals surface area contributed by atoms with E-state index in [-0.39, 0.29) is 18.9 Å². The van der Waals surface area contributed by atoms with Gasteiger partial charge >= 0.3 is 16.1 Å². The van der Waals surface area contributed by atoms with E-state index in [0.29, 0.717) is 6.42 Å². The fourth-order valence-electron chi connectivity index (χ4n) is 2.41. The molecular formula is C16H34NO5S+. The molecule has 7 heteroatoms. The molecule has 0 amide bonds. The summed E-state index contributed by atoms with van der Waals surface area (Å²) in [6.45, 7) is 6.51. The van der Waals surface area contributed by atoms with Gasteiger partial charge in [-0.3, -0.25) is 4.79 Å². The number of carbonyl (C=O) groups excluding carboxylic acids is 1. The number of rotatable bonds is 14. The van der Waals surface area contributed by atoms with Gasteiger partial charge in [-0.15, -0.1) is 0 Å². The lowest BCUT2D eigenvalue weighted by Crippen LogP contribution is -2.54. The molecule has 6 nitrogen and oxygen atoms in total. The van der Waals surface area contributed by atoms with E-state index in [1.165, 1.54) is 0 Å². The van der Waals surface area contributed by atoms with Crippen LogP contribution in [0, 0.1) is 5.92 Å². The molecule has 0 saturated heterocycles. The minimum Gasteiger partial charge on any atom is -0.464 e. The Morgan fingerprint density at radius 2 is 1.65 bits per heavy atom. The lowest BCUT2D eigenvalue weighted by atomic mass is 10.0. The molecule has 0 aromatic carbocycles. The van der Waals surface area contributed by atoms with Crippen molar-refractivity contribution in [2.75, 3.05) is 6.61 Å². The van der Waals surface area contributed by atoms with E-state index in [9.17, 15) is 13.2 Å². The van der Waals surface area contributed by atoms with Crippen molar-refractivity contribution in [2.45, 2.75) is 83.8 Å². The molecule has 138 valence electrons. The van der Waals surface area contributed by atoms with Gasteiger partial charge in [-0.1, -0.05) is 70.0 Å². The summed E-state index contributed by atoms with van der Waals surface area (Å²) in [7, 11) is -4.00. The molecule has 0 rings (SSSR count). The first kappa shape index (κ1) is 22.3. The summed E-state index contributed by atoms with van der Waals surface area (Å²) in [5, 5.41) is -1.26. The van der Waals surface area contributed by atoms with Crippen molar-refractivity contribution in [1.82, 2.24) is 0 Å². The largest absolute Gasteiger partial charge is 0.464 e. The van der Waals surface area contributed by atoms with Crippen LogP contribution in [-0.4, -0.2) is 26.2 Å². The minimum atomic E-state index is -4.00. The third kappa shape index (κ3) is 9.27. The van der Waals surface area contributed by atoms with E-state index >= 15 is 0 Å². The molecule has 0 aliphatic heterocycles. The van der Waals surface area contributed by atoms with Gasteiger partial charge in [0.2, 0.25) is 0 Å². The first-order valence-corrected chi connectivity index (χ1v) is 10.2. The van der Waals surface area contributed by atoms with E-state index in [2.05, 4.69) is 24.0 Å². The zero-order chi connectivity index (χ0) is 17.7. The van der Waals surface area contributed by atoms with Gasteiger partial charge < -0.3 is 4.74 Å². The molecule has 2 unspecified atom stereocenters. The predicted molar refractivity (Wildman–Crippen MR) is 89.7 cm³/mol. The molecule has 0 aromatic heterocycles. The maximum Gasteiger partial charge on any atom is 0.327 e. The van der Waals surface area contributed by atoms with Crippen molar-refractivity contribution in [1.29, 1.82) is 0 Å².